The molecule has 0 aliphatic heterocycles. The third-order valence-corrected chi connectivity index (χ3v) is 2.67. The van der Waals surface area contributed by atoms with E-state index in [9.17, 15) is 9.90 Å². The number of unbranched alkanes of at least 4 members (excludes halogenated alkanes) is 1. The van der Waals surface area contributed by atoms with E-state index in [4.69, 9.17) is 0 Å². The van der Waals surface area contributed by atoms with Crippen LogP contribution in [0.2, 0.25) is 0 Å². The van der Waals surface area contributed by atoms with Crippen LogP contribution in [0.25, 0.3) is 0 Å². The maximum atomic E-state index is 11.2. The number of aliphatic hydroxyl groups excluding tert-OH is 1. The van der Waals surface area contributed by atoms with E-state index in [1.807, 2.05) is 0 Å². The van der Waals surface area contributed by atoms with Gasteiger partial charge in [-0.05, 0) is 19.3 Å². The number of ketones is 1. The maximum Gasteiger partial charge on any atom is 0.138 e. The van der Waals surface area contributed by atoms with Gasteiger partial charge in [0.05, 0.1) is 6.10 Å². The molecule has 1 rings (SSSR count). The van der Waals surface area contributed by atoms with Crippen molar-refractivity contribution in [2.24, 2.45) is 5.92 Å². The summed E-state index contributed by atoms with van der Waals surface area (Å²) in [6.07, 6.45) is 5.14. The van der Waals surface area contributed by atoms with Gasteiger partial charge in [-0.1, -0.05) is 19.8 Å². The summed E-state index contributed by atoms with van der Waals surface area (Å²) in [5.41, 5.74) is 0. The average Bonchev–Trinajstić information content (AvgIpc) is 2.47. The zero-order valence-corrected chi connectivity index (χ0v) is 7.75. The quantitative estimate of drug-likeness (QED) is 0.699. The van der Waals surface area contributed by atoms with Gasteiger partial charge in [0.15, 0.2) is 0 Å². The molecule has 2 atom stereocenters. The fourth-order valence-corrected chi connectivity index (χ4v) is 1.86. The first-order valence-electron chi connectivity index (χ1n) is 4.96. The molecule has 0 bridgehead atoms. The van der Waals surface area contributed by atoms with E-state index in [1.54, 1.807) is 0 Å². The lowest BCUT2D eigenvalue weighted by Crippen LogP contribution is -2.23. The fraction of sp³-hybridized carbons (Fsp3) is 0.900. The number of aliphatic hydroxyl groups is 1. The highest BCUT2D eigenvalue weighted by Gasteiger charge is 2.30. The van der Waals surface area contributed by atoms with Crippen molar-refractivity contribution in [3.8, 4) is 0 Å². The molecule has 1 saturated carbocycles. The summed E-state index contributed by atoms with van der Waals surface area (Å²) in [7, 11) is 0. The van der Waals surface area contributed by atoms with E-state index in [2.05, 4.69) is 6.92 Å². The summed E-state index contributed by atoms with van der Waals surface area (Å²) < 4.78 is 0. The van der Waals surface area contributed by atoms with Crippen molar-refractivity contribution < 1.29 is 9.90 Å². The van der Waals surface area contributed by atoms with Crippen LogP contribution in [0, 0.1) is 5.92 Å². The number of carbonyl (C=O) groups is 1. The fourth-order valence-electron chi connectivity index (χ4n) is 1.86. The van der Waals surface area contributed by atoms with Gasteiger partial charge in [0.1, 0.15) is 5.78 Å². The van der Waals surface area contributed by atoms with Crippen molar-refractivity contribution in [1.82, 2.24) is 0 Å². The normalized spacial score (nSPS) is 26.2. The Labute approximate surface area is 74.0 Å². The van der Waals surface area contributed by atoms with Crippen LogP contribution in [0.5, 0.6) is 0 Å². The van der Waals surface area contributed by atoms with Crippen molar-refractivity contribution in [2.75, 3.05) is 0 Å². The van der Waals surface area contributed by atoms with Gasteiger partial charge in [-0.25, -0.2) is 0 Å². The topological polar surface area (TPSA) is 37.3 Å². The van der Waals surface area contributed by atoms with Gasteiger partial charge in [0.2, 0.25) is 0 Å². The van der Waals surface area contributed by atoms with Gasteiger partial charge in [-0.3, -0.25) is 4.79 Å². The zero-order valence-electron chi connectivity index (χ0n) is 7.75. The summed E-state index contributed by atoms with van der Waals surface area (Å²) in [6.45, 7) is 2.10. The van der Waals surface area contributed by atoms with Crippen molar-refractivity contribution in [1.29, 1.82) is 0 Å². The summed E-state index contributed by atoms with van der Waals surface area (Å²) in [6, 6.07) is 0. The Kier molecular flexibility index (Phi) is 3.73. The van der Waals surface area contributed by atoms with E-state index in [0.717, 1.165) is 32.1 Å². The summed E-state index contributed by atoms with van der Waals surface area (Å²) >= 11 is 0. The molecule has 0 radical (unpaired) electrons. The van der Waals surface area contributed by atoms with Crippen LogP contribution in [0.3, 0.4) is 0 Å². The van der Waals surface area contributed by atoms with E-state index in [-0.39, 0.29) is 17.8 Å². The lowest BCUT2D eigenvalue weighted by molar-refractivity contribution is -0.123. The van der Waals surface area contributed by atoms with Crippen LogP contribution in [-0.2, 0) is 4.79 Å². The number of Topliss-reactive ketones (excluding diaryl/α,β-unsaturated/α-hetero) is 1. The summed E-state index contributed by atoms with van der Waals surface area (Å²) in [4.78, 5) is 11.2. The first-order chi connectivity index (χ1) is 5.75. The zero-order chi connectivity index (χ0) is 8.97. The molecular weight excluding hydrogens is 152 g/mol. The second-order valence-corrected chi connectivity index (χ2v) is 3.67. The number of hydrogen-bond donors (Lipinski definition) is 1. The molecule has 0 aromatic carbocycles. The standard InChI is InChI=1S/C10H18O2/c1-2-3-6-9(11)8-5-4-7-10(8)12/h8-9,11H,2-7H2,1H3/t8-,9+/m0/s1. The molecule has 70 valence electrons. The van der Waals surface area contributed by atoms with E-state index >= 15 is 0 Å². The molecule has 0 spiro atoms. The van der Waals surface area contributed by atoms with Gasteiger partial charge >= 0.3 is 0 Å². The molecule has 0 aromatic heterocycles. The molecule has 1 aliphatic carbocycles. The Bertz CT molecular complexity index is 154. The number of carbonyl (C=O) groups excluding carboxylic acids is 1. The van der Waals surface area contributed by atoms with Gasteiger partial charge in [0.25, 0.3) is 0 Å². The predicted octanol–water partition coefficient (Wildman–Crippen LogP) is 1.91. The minimum absolute atomic E-state index is 0.0310. The summed E-state index contributed by atoms with van der Waals surface area (Å²) in [5.74, 6) is 0.246. The Morgan fingerprint density at radius 2 is 2.42 bits per heavy atom. The molecule has 0 aromatic rings. The van der Waals surface area contributed by atoms with Gasteiger partial charge in [-0.15, -0.1) is 0 Å². The third kappa shape index (κ3) is 2.31. The van der Waals surface area contributed by atoms with Crippen LogP contribution in [0.1, 0.15) is 45.4 Å². The first-order valence-corrected chi connectivity index (χ1v) is 4.96. The SMILES string of the molecule is CCCC[C@@H](O)[C@@H]1CCCC1=O. The van der Waals surface area contributed by atoms with E-state index in [0.29, 0.717) is 6.42 Å². The molecule has 0 saturated heterocycles. The van der Waals surface area contributed by atoms with Crippen LogP contribution >= 0.6 is 0 Å². The van der Waals surface area contributed by atoms with Crippen molar-refractivity contribution in [3.63, 3.8) is 0 Å². The highest BCUT2D eigenvalue weighted by atomic mass is 16.3. The first kappa shape index (κ1) is 9.72. The Balaban J connectivity index is 2.30. The Morgan fingerprint density at radius 1 is 1.67 bits per heavy atom. The second-order valence-electron chi connectivity index (χ2n) is 3.67. The smallest absolute Gasteiger partial charge is 0.138 e. The van der Waals surface area contributed by atoms with Gasteiger partial charge in [0, 0.05) is 12.3 Å². The number of rotatable bonds is 4. The van der Waals surface area contributed by atoms with Crippen molar-refractivity contribution in [3.05, 3.63) is 0 Å². The molecule has 0 amide bonds. The predicted molar refractivity (Wildman–Crippen MR) is 47.9 cm³/mol. The van der Waals surface area contributed by atoms with Gasteiger partial charge < -0.3 is 5.11 Å². The van der Waals surface area contributed by atoms with Crippen LogP contribution < -0.4 is 0 Å². The Morgan fingerprint density at radius 3 is 2.92 bits per heavy atom. The van der Waals surface area contributed by atoms with E-state index in [1.165, 1.54) is 0 Å². The van der Waals surface area contributed by atoms with Crippen LogP contribution in [0.4, 0.5) is 0 Å². The monoisotopic (exact) mass is 170 g/mol. The highest BCUT2D eigenvalue weighted by Crippen LogP contribution is 2.26. The molecule has 0 heterocycles. The molecule has 12 heavy (non-hydrogen) atoms. The lowest BCUT2D eigenvalue weighted by atomic mass is 9.96. The highest BCUT2D eigenvalue weighted by molar-refractivity contribution is 5.83. The molecular formula is C10H18O2. The van der Waals surface area contributed by atoms with Crippen LogP contribution in [0.15, 0.2) is 0 Å². The molecule has 1 N–H and O–H groups in total. The lowest BCUT2D eigenvalue weighted by Gasteiger charge is -2.15. The maximum absolute atomic E-state index is 11.2. The minimum atomic E-state index is -0.361. The van der Waals surface area contributed by atoms with Crippen molar-refractivity contribution >= 4 is 5.78 Å². The van der Waals surface area contributed by atoms with E-state index < -0.39 is 0 Å². The molecule has 1 aliphatic rings. The number of hydrogen-bond acceptors (Lipinski definition) is 2. The molecule has 0 unspecified atom stereocenters. The minimum Gasteiger partial charge on any atom is -0.392 e. The molecule has 2 heteroatoms. The molecule has 2 nitrogen and oxygen atoms in total. The largest absolute Gasteiger partial charge is 0.392 e. The third-order valence-electron chi connectivity index (χ3n) is 2.67. The van der Waals surface area contributed by atoms with Crippen molar-refractivity contribution in [2.45, 2.75) is 51.6 Å². The molecule has 1 fully saturated rings. The average molecular weight is 170 g/mol. The second kappa shape index (κ2) is 4.61. The Hall–Kier alpha value is -0.370. The van der Waals surface area contributed by atoms with Gasteiger partial charge in [-0.2, -0.15) is 0 Å². The summed E-state index contributed by atoms with van der Waals surface area (Å²) in [5, 5.41) is 9.63. The van der Waals surface area contributed by atoms with Crippen LogP contribution in [-0.4, -0.2) is 17.0 Å².